The lowest BCUT2D eigenvalue weighted by atomic mass is 9.72. The van der Waals surface area contributed by atoms with Crippen molar-refractivity contribution in [2.75, 3.05) is 6.54 Å². The van der Waals surface area contributed by atoms with Crippen LogP contribution in [0.1, 0.15) is 11.1 Å². The van der Waals surface area contributed by atoms with Crippen LogP contribution in [0.2, 0.25) is 0 Å². The summed E-state index contributed by atoms with van der Waals surface area (Å²) in [5, 5.41) is 3.23. The normalized spacial score (nSPS) is 19.7. The first-order valence-corrected chi connectivity index (χ1v) is 9.32. The Morgan fingerprint density at radius 3 is 2.63 bits per heavy atom. The van der Waals surface area contributed by atoms with Crippen LogP contribution in [0.15, 0.2) is 71.1 Å². The Balaban J connectivity index is 1.76. The van der Waals surface area contributed by atoms with Crippen molar-refractivity contribution >= 4 is 15.9 Å². The fraction of sp³-hybridized carbons (Fsp3) is 0.0952. The number of nitrogens with zero attached hydrogens (tertiary/aromatic N) is 1. The Morgan fingerprint density at radius 2 is 1.89 bits per heavy atom. The molecule has 1 atom stereocenters. The lowest BCUT2D eigenvalue weighted by Crippen LogP contribution is -2.34. The molecule has 0 saturated carbocycles. The highest BCUT2D eigenvalue weighted by Crippen LogP contribution is 2.51. The van der Waals surface area contributed by atoms with Crippen LogP contribution in [-0.2, 0) is 5.41 Å². The van der Waals surface area contributed by atoms with Gasteiger partial charge in [-0.2, -0.15) is 4.39 Å². The van der Waals surface area contributed by atoms with Crippen molar-refractivity contribution in [2.45, 2.75) is 5.41 Å². The maximum atomic E-state index is 14.2. The predicted octanol–water partition coefficient (Wildman–Crippen LogP) is 4.45. The number of rotatable bonds is 1. The lowest BCUT2D eigenvalue weighted by molar-refractivity contribution is 0.424. The summed E-state index contributed by atoms with van der Waals surface area (Å²) in [6.45, 7) is 0.609. The van der Waals surface area contributed by atoms with Gasteiger partial charge in [-0.3, -0.25) is 0 Å². The molecule has 3 heterocycles. The molecule has 0 radical (unpaired) electrons. The van der Waals surface area contributed by atoms with Gasteiger partial charge >= 0.3 is 0 Å². The third-order valence-electron chi connectivity index (χ3n) is 5.15. The van der Waals surface area contributed by atoms with E-state index in [4.69, 9.17) is 10.5 Å². The van der Waals surface area contributed by atoms with Crippen LogP contribution in [0.5, 0.6) is 11.5 Å². The molecule has 3 aromatic rings. The molecule has 27 heavy (non-hydrogen) atoms. The molecule has 3 N–H and O–H groups in total. The van der Waals surface area contributed by atoms with Gasteiger partial charge < -0.3 is 15.8 Å². The summed E-state index contributed by atoms with van der Waals surface area (Å²) in [5.41, 5.74) is 8.78. The second kappa shape index (κ2) is 5.82. The molecule has 2 aliphatic heterocycles. The minimum absolute atomic E-state index is 0.457. The van der Waals surface area contributed by atoms with E-state index in [1.165, 1.54) is 6.20 Å². The minimum atomic E-state index is -0.494. The number of hydrogen-bond donors (Lipinski definition) is 2. The van der Waals surface area contributed by atoms with Gasteiger partial charge in [-0.15, -0.1) is 0 Å². The van der Waals surface area contributed by atoms with Crippen molar-refractivity contribution in [3.05, 3.63) is 88.2 Å². The van der Waals surface area contributed by atoms with Gasteiger partial charge in [0, 0.05) is 33.9 Å². The van der Waals surface area contributed by atoms with Gasteiger partial charge in [-0.25, -0.2) is 4.98 Å². The molecule has 134 valence electrons. The monoisotopic (exact) mass is 423 g/mol. The van der Waals surface area contributed by atoms with Crippen LogP contribution in [-0.4, -0.2) is 11.5 Å². The SMILES string of the molecule is NC1=C[C@@]2(CN1)c1cc(Br)ccc1Oc1ccc(-c3cccnc3F)cc12. The van der Waals surface area contributed by atoms with Crippen molar-refractivity contribution in [1.82, 2.24) is 10.3 Å². The van der Waals surface area contributed by atoms with E-state index < -0.39 is 11.4 Å². The van der Waals surface area contributed by atoms with Crippen LogP contribution >= 0.6 is 15.9 Å². The first kappa shape index (κ1) is 16.3. The van der Waals surface area contributed by atoms with E-state index in [-0.39, 0.29) is 0 Å². The zero-order valence-electron chi connectivity index (χ0n) is 14.2. The highest BCUT2D eigenvalue weighted by molar-refractivity contribution is 9.10. The molecule has 1 aromatic heterocycles. The largest absolute Gasteiger partial charge is 0.457 e. The number of ether oxygens (including phenoxy) is 1. The first-order valence-electron chi connectivity index (χ1n) is 8.52. The summed E-state index contributed by atoms with van der Waals surface area (Å²) in [6, 6.07) is 15.1. The molecule has 1 spiro atoms. The molecule has 2 aliphatic rings. The van der Waals surface area contributed by atoms with E-state index in [9.17, 15) is 4.39 Å². The molecule has 0 aliphatic carbocycles. The number of nitrogens with one attached hydrogen (secondary N) is 1. The Labute approximate surface area is 164 Å². The molecule has 5 rings (SSSR count). The Morgan fingerprint density at radius 1 is 1.11 bits per heavy atom. The highest BCUT2D eigenvalue weighted by Gasteiger charge is 2.44. The molecule has 6 heteroatoms. The van der Waals surface area contributed by atoms with Crippen molar-refractivity contribution < 1.29 is 9.13 Å². The number of aromatic nitrogens is 1. The summed E-state index contributed by atoms with van der Waals surface area (Å²) >= 11 is 3.55. The van der Waals surface area contributed by atoms with Crippen LogP contribution in [0.25, 0.3) is 11.1 Å². The van der Waals surface area contributed by atoms with Crippen LogP contribution < -0.4 is 15.8 Å². The van der Waals surface area contributed by atoms with E-state index in [0.29, 0.717) is 17.9 Å². The number of halogens is 2. The van der Waals surface area contributed by atoms with Crippen molar-refractivity contribution in [3.63, 3.8) is 0 Å². The number of fused-ring (bicyclic) bond motifs is 4. The molecular weight excluding hydrogens is 409 g/mol. The maximum absolute atomic E-state index is 14.2. The summed E-state index contributed by atoms with van der Waals surface area (Å²) < 4.78 is 21.3. The van der Waals surface area contributed by atoms with E-state index >= 15 is 0 Å². The predicted molar refractivity (Wildman–Crippen MR) is 105 cm³/mol. The summed E-state index contributed by atoms with van der Waals surface area (Å²) in [4.78, 5) is 3.77. The van der Waals surface area contributed by atoms with Gasteiger partial charge in [0.15, 0.2) is 0 Å². The van der Waals surface area contributed by atoms with Gasteiger partial charge in [-0.1, -0.05) is 22.0 Å². The number of hydrogen-bond acceptors (Lipinski definition) is 4. The average Bonchev–Trinajstić information content (AvgIpc) is 3.06. The second-order valence-corrected chi connectivity index (χ2v) is 7.64. The smallest absolute Gasteiger partial charge is 0.220 e. The fourth-order valence-corrected chi connectivity index (χ4v) is 4.26. The van der Waals surface area contributed by atoms with Gasteiger partial charge in [0.05, 0.1) is 11.2 Å². The molecule has 0 unspecified atom stereocenters. The summed E-state index contributed by atoms with van der Waals surface area (Å²) in [6.07, 6.45) is 3.46. The molecule has 0 saturated heterocycles. The van der Waals surface area contributed by atoms with Gasteiger partial charge in [0.25, 0.3) is 0 Å². The fourth-order valence-electron chi connectivity index (χ4n) is 3.89. The molecular formula is C21H15BrFN3O. The zero-order chi connectivity index (χ0) is 18.6. The Hall–Kier alpha value is -2.86. The number of pyridine rings is 1. The quantitative estimate of drug-likeness (QED) is 0.567. The van der Waals surface area contributed by atoms with Crippen molar-refractivity contribution in [1.29, 1.82) is 0 Å². The van der Waals surface area contributed by atoms with Gasteiger partial charge in [0.2, 0.25) is 5.95 Å². The molecule has 4 nitrogen and oxygen atoms in total. The maximum Gasteiger partial charge on any atom is 0.220 e. The minimum Gasteiger partial charge on any atom is -0.457 e. The number of nitrogens with two attached hydrogens (primary N) is 1. The average molecular weight is 424 g/mol. The van der Waals surface area contributed by atoms with Gasteiger partial charge in [0.1, 0.15) is 11.5 Å². The molecule has 0 amide bonds. The highest BCUT2D eigenvalue weighted by atomic mass is 79.9. The second-order valence-electron chi connectivity index (χ2n) is 6.72. The van der Waals surface area contributed by atoms with Crippen molar-refractivity contribution in [3.8, 4) is 22.6 Å². The van der Waals surface area contributed by atoms with Crippen LogP contribution in [0.3, 0.4) is 0 Å². The Bertz CT molecular complexity index is 1110. The summed E-state index contributed by atoms with van der Waals surface area (Å²) in [5.74, 6) is 1.65. The van der Waals surface area contributed by atoms with E-state index in [0.717, 1.165) is 32.7 Å². The third-order valence-corrected chi connectivity index (χ3v) is 5.64. The van der Waals surface area contributed by atoms with E-state index in [1.807, 2.05) is 42.5 Å². The molecule has 0 bridgehead atoms. The first-order chi connectivity index (χ1) is 13.1. The Kier molecular flexibility index (Phi) is 3.52. The summed E-state index contributed by atoms with van der Waals surface area (Å²) in [7, 11) is 0. The van der Waals surface area contributed by atoms with E-state index in [2.05, 4.69) is 26.2 Å². The standard InChI is InChI=1S/C21H15BrFN3O/c22-13-4-6-18-16(9-13)21(10-19(24)26-11-21)15-8-12(3-5-17(15)27-18)14-2-1-7-25-20(14)23/h1-10,26H,11,24H2/t21-/m0/s1. The molecule has 0 fully saturated rings. The van der Waals surface area contributed by atoms with Crippen LogP contribution in [0.4, 0.5) is 4.39 Å². The van der Waals surface area contributed by atoms with Crippen molar-refractivity contribution in [2.24, 2.45) is 5.73 Å². The zero-order valence-corrected chi connectivity index (χ0v) is 15.8. The van der Waals surface area contributed by atoms with Crippen LogP contribution in [0, 0.1) is 5.95 Å². The topological polar surface area (TPSA) is 60.2 Å². The van der Waals surface area contributed by atoms with E-state index in [1.54, 1.807) is 12.1 Å². The lowest BCUT2D eigenvalue weighted by Gasteiger charge is -2.36. The number of benzene rings is 2. The third kappa shape index (κ3) is 2.44. The molecule has 2 aromatic carbocycles. The van der Waals surface area contributed by atoms with Gasteiger partial charge in [-0.05, 0) is 54.1 Å².